The molecule has 2 heterocycles. The van der Waals surface area contributed by atoms with Gasteiger partial charge in [0, 0.05) is 17.3 Å². The third-order valence-electron chi connectivity index (χ3n) is 5.69. The lowest BCUT2D eigenvalue weighted by Gasteiger charge is -2.23. The highest BCUT2D eigenvalue weighted by Gasteiger charge is 2.25. The first-order valence-corrected chi connectivity index (χ1v) is 11.8. The van der Waals surface area contributed by atoms with Gasteiger partial charge in [0.25, 0.3) is 5.91 Å². The van der Waals surface area contributed by atoms with Crippen LogP contribution in [0.15, 0.2) is 66.9 Å². The zero-order chi connectivity index (χ0) is 26.7. The molecular weight excluding hydrogens is 475 g/mol. The van der Waals surface area contributed by atoms with Gasteiger partial charge in [-0.25, -0.2) is 9.37 Å². The molecule has 192 valence electrons. The Kier molecular flexibility index (Phi) is 7.15. The summed E-state index contributed by atoms with van der Waals surface area (Å²) in [7, 11) is 1.59. The van der Waals surface area contributed by atoms with E-state index < -0.39 is 23.7 Å². The maximum atomic E-state index is 13.5. The SMILES string of the molecule is COc1cccc(-c2nc3c(C(=O)NC(CC(=O)O)c4ccc(F)cc4)cccn3c2NC(C)(C)C)c1. The number of aliphatic carboxylic acids is 1. The molecule has 0 bridgehead atoms. The standard InChI is InChI=1S/C28H29FN4O4/c1-28(2,3)32-26-24(18-7-5-8-20(15-18)37-4)31-25-21(9-6-14-33(25)26)27(36)30-22(16-23(34)35)17-10-12-19(29)13-11-17/h5-15,22,32H,16H2,1-4H3,(H,30,36)(H,34,35). The summed E-state index contributed by atoms with van der Waals surface area (Å²) in [6, 6.07) is 15.4. The number of hydrogen-bond acceptors (Lipinski definition) is 5. The Hall–Kier alpha value is -4.40. The molecule has 3 N–H and O–H groups in total. The number of aromatic nitrogens is 2. The van der Waals surface area contributed by atoms with Crippen molar-refractivity contribution in [3.05, 3.63) is 83.8 Å². The molecule has 0 aliphatic heterocycles. The summed E-state index contributed by atoms with van der Waals surface area (Å²) < 4.78 is 20.6. The van der Waals surface area contributed by atoms with Crippen LogP contribution in [-0.2, 0) is 4.79 Å². The molecule has 0 spiro atoms. The predicted octanol–water partition coefficient (Wildman–Crippen LogP) is 5.31. The second-order valence-corrected chi connectivity index (χ2v) is 9.71. The molecule has 4 aromatic rings. The fourth-order valence-corrected chi connectivity index (χ4v) is 4.05. The van der Waals surface area contributed by atoms with E-state index in [9.17, 15) is 19.1 Å². The van der Waals surface area contributed by atoms with Crippen molar-refractivity contribution >= 4 is 23.3 Å². The van der Waals surface area contributed by atoms with Crippen LogP contribution in [0.3, 0.4) is 0 Å². The molecular formula is C28H29FN4O4. The van der Waals surface area contributed by atoms with Gasteiger partial charge in [0.1, 0.15) is 23.1 Å². The van der Waals surface area contributed by atoms with Crippen molar-refractivity contribution in [3.8, 4) is 17.0 Å². The number of carbonyl (C=O) groups is 2. The molecule has 0 saturated carbocycles. The first-order valence-electron chi connectivity index (χ1n) is 11.8. The number of methoxy groups -OCH3 is 1. The van der Waals surface area contributed by atoms with Crippen LogP contribution in [0.2, 0.25) is 0 Å². The molecule has 1 amide bonds. The van der Waals surface area contributed by atoms with E-state index in [1.54, 1.807) is 23.6 Å². The molecule has 4 rings (SSSR count). The number of imidazole rings is 1. The lowest BCUT2D eigenvalue weighted by molar-refractivity contribution is -0.137. The van der Waals surface area contributed by atoms with Crippen molar-refractivity contribution in [1.29, 1.82) is 0 Å². The van der Waals surface area contributed by atoms with Crippen LogP contribution in [-0.4, -0.2) is 39.0 Å². The molecule has 2 aromatic heterocycles. The Bertz CT molecular complexity index is 1440. The van der Waals surface area contributed by atoms with Gasteiger partial charge in [-0.15, -0.1) is 0 Å². The number of carboxylic acids is 1. The maximum Gasteiger partial charge on any atom is 0.305 e. The molecule has 0 fully saturated rings. The Morgan fingerprint density at radius 2 is 1.84 bits per heavy atom. The number of nitrogens with zero attached hydrogens (tertiary/aromatic N) is 2. The van der Waals surface area contributed by atoms with E-state index in [0.717, 1.165) is 5.56 Å². The van der Waals surface area contributed by atoms with E-state index in [2.05, 4.69) is 10.6 Å². The second kappa shape index (κ2) is 10.3. The summed E-state index contributed by atoms with van der Waals surface area (Å²) in [6.07, 6.45) is 1.45. The first kappa shape index (κ1) is 25.7. The van der Waals surface area contributed by atoms with E-state index in [4.69, 9.17) is 9.72 Å². The third-order valence-corrected chi connectivity index (χ3v) is 5.69. The average molecular weight is 505 g/mol. The Morgan fingerprint density at radius 1 is 1.11 bits per heavy atom. The summed E-state index contributed by atoms with van der Waals surface area (Å²) in [5, 5.41) is 15.7. The van der Waals surface area contributed by atoms with Gasteiger partial charge in [-0.05, 0) is 62.7 Å². The van der Waals surface area contributed by atoms with Crippen molar-refractivity contribution < 1.29 is 23.8 Å². The molecule has 8 nitrogen and oxygen atoms in total. The minimum Gasteiger partial charge on any atom is -0.497 e. The Labute approximate surface area is 214 Å². The highest BCUT2D eigenvalue weighted by Crippen LogP contribution is 2.33. The van der Waals surface area contributed by atoms with Crippen LogP contribution < -0.4 is 15.4 Å². The molecule has 37 heavy (non-hydrogen) atoms. The number of ether oxygens (including phenoxy) is 1. The number of benzene rings is 2. The summed E-state index contributed by atoms with van der Waals surface area (Å²) in [5.74, 6) is -0.664. The molecule has 2 aromatic carbocycles. The second-order valence-electron chi connectivity index (χ2n) is 9.71. The summed E-state index contributed by atoms with van der Waals surface area (Å²) >= 11 is 0. The Morgan fingerprint density at radius 3 is 2.49 bits per heavy atom. The van der Waals surface area contributed by atoms with Gasteiger partial charge in [0.15, 0.2) is 5.65 Å². The average Bonchev–Trinajstić information content (AvgIpc) is 3.20. The molecule has 0 saturated heterocycles. The normalized spacial score (nSPS) is 12.2. The number of anilines is 1. The van der Waals surface area contributed by atoms with Crippen LogP contribution in [0, 0.1) is 5.82 Å². The van der Waals surface area contributed by atoms with E-state index in [1.807, 2.05) is 51.2 Å². The zero-order valence-electron chi connectivity index (χ0n) is 21.1. The minimum atomic E-state index is -1.09. The third kappa shape index (κ3) is 5.88. The summed E-state index contributed by atoms with van der Waals surface area (Å²) in [6.45, 7) is 6.08. The van der Waals surface area contributed by atoms with Gasteiger partial charge < -0.3 is 20.5 Å². The van der Waals surface area contributed by atoms with Crippen molar-refractivity contribution in [2.24, 2.45) is 0 Å². The number of pyridine rings is 1. The fourth-order valence-electron chi connectivity index (χ4n) is 4.05. The van der Waals surface area contributed by atoms with E-state index in [0.29, 0.717) is 28.5 Å². The molecule has 1 unspecified atom stereocenters. The number of nitrogens with one attached hydrogen (secondary N) is 2. The van der Waals surface area contributed by atoms with Gasteiger partial charge in [-0.2, -0.15) is 0 Å². The first-order chi connectivity index (χ1) is 17.6. The monoisotopic (exact) mass is 504 g/mol. The quantitative estimate of drug-likeness (QED) is 0.301. The molecule has 1 atom stereocenters. The number of hydrogen-bond donors (Lipinski definition) is 3. The van der Waals surface area contributed by atoms with Crippen molar-refractivity contribution in [1.82, 2.24) is 14.7 Å². The fraction of sp³-hybridized carbons (Fsp3) is 0.250. The van der Waals surface area contributed by atoms with Crippen LogP contribution in [0.4, 0.5) is 10.2 Å². The molecule has 0 aliphatic carbocycles. The van der Waals surface area contributed by atoms with Crippen LogP contribution in [0.1, 0.15) is 49.2 Å². The lowest BCUT2D eigenvalue weighted by atomic mass is 10.0. The number of amides is 1. The number of carboxylic acid groups (broad SMARTS) is 1. The highest BCUT2D eigenvalue weighted by molar-refractivity contribution is 6.01. The summed E-state index contributed by atoms with van der Waals surface area (Å²) in [5.41, 5.74) is 2.28. The number of halogens is 1. The largest absolute Gasteiger partial charge is 0.497 e. The van der Waals surface area contributed by atoms with Crippen molar-refractivity contribution in [2.75, 3.05) is 12.4 Å². The van der Waals surface area contributed by atoms with Crippen molar-refractivity contribution in [3.63, 3.8) is 0 Å². The number of fused-ring (bicyclic) bond motifs is 1. The van der Waals surface area contributed by atoms with Crippen molar-refractivity contribution in [2.45, 2.75) is 38.8 Å². The Balaban J connectivity index is 1.80. The number of rotatable bonds is 8. The van der Waals surface area contributed by atoms with Crippen LogP contribution in [0.25, 0.3) is 16.9 Å². The van der Waals surface area contributed by atoms with Gasteiger partial charge in [0.2, 0.25) is 0 Å². The summed E-state index contributed by atoms with van der Waals surface area (Å²) in [4.78, 5) is 29.8. The topological polar surface area (TPSA) is 105 Å². The maximum absolute atomic E-state index is 13.5. The van der Waals surface area contributed by atoms with Gasteiger partial charge in [0.05, 0.1) is 25.1 Å². The minimum absolute atomic E-state index is 0.270. The van der Waals surface area contributed by atoms with Gasteiger partial charge in [-0.3, -0.25) is 14.0 Å². The molecule has 0 aliphatic rings. The zero-order valence-corrected chi connectivity index (χ0v) is 21.1. The predicted molar refractivity (Wildman–Crippen MR) is 139 cm³/mol. The van der Waals surface area contributed by atoms with E-state index >= 15 is 0 Å². The smallest absolute Gasteiger partial charge is 0.305 e. The molecule has 0 radical (unpaired) electrons. The lowest BCUT2D eigenvalue weighted by Crippen LogP contribution is -2.30. The van der Waals surface area contributed by atoms with Gasteiger partial charge >= 0.3 is 5.97 Å². The van der Waals surface area contributed by atoms with Gasteiger partial charge in [-0.1, -0.05) is 24.3 Å². The van der Waals surface area contributed by atoms with E-state index in [-0.39, 0.29) is 17.5 Å². The van der Waals surface area contributed by atoms with Crippen LogP contribution in [0.5, 0.6) is 5.75 Å². The number of carbonyl (C=O) groups excluding carboxylic acids is 1. The van der Waals surface area contributed by atoms with E-state index in [1.165, 1.54) is 24.3 Å². The molecule has 9 heteroatoms. The highest BCUT2D eigenvalue weighted by atomic mass is 19.1. The van der Waals surface area contributed by atoms with Crippen LogP contribution >= 0.6 is 0 Å².